The molecule has 0 saturated carbocycles. The van der Waals surface area contributed by atoms with Gasteiger partial charge in [0.2, 0.25) is 6.29 Å². The van der Waals surface area contributed by atoms with Crippen molar-refractivity contribution in [2.75, 3.05) is 13.7 Å². The van der Waals surface area contributed by atoms with Crippen LogP contribution in [0.25, 0.3) is 0 Å². The monoisotopic (exact) mass is 765 g/mol. The van der Waals surface area contributed by atoms with Gasteiger partial charge in [-0.1, -0.05) is 34.8 Å². The van der Waals surface area contributed by atoms with Crippen LogP contribution < -0.4 is 5.32 Å². The van der Waals surface area contributed by atoms with Crippen molar-refractivity contribution in [2.24, 2.45) is 0 Å². The molecule has 49 heavy (non-hydrogen) atoms. The highest BCUT2D eigenvalue weighted by atomic mass is 35.6. The lowest BCUT2D eigenvalue weighted by atomic mass is 9.94. The van der Waals surface area contributed by atoms with Gasteiger partial charge in [0.25, 0.3) is 9.70 Å². The first-order valence-electron chi connectivity index (χ1n) is 14.1. The van der Waals surface area contributed by atoms with Crippen molar-refractivity contribution in [3.63, 3.8) is 0 Å². The summed E-state index contributed by atoms with van der Waals surface area (Å²) >= 11 is 17.3. The van der Waals surface area contributed by atoms with Crippen molar-refractivity contribution in [1.29, 1.82) is 0 Å². The lowest BCUT2D eigenvalue weighted by Crippen LogP contribution is -2.70. The van der Waals surface area contributed by atoms with E-state index < -0.39 is 119 Å². The summed E-state index contributed by atoms with van der Waals surface area (Å²) < 4.78 is 51.5. The third kappa shape index (κ3) is 12.1. The van der Waals surface area contributed by atoms with Gasteiger partial charge >= 0.3 is 41.8 Å². The van der Waals surface area contributed by atoms with Crippen molar-refractivity contribution < 1.29 is 85.7 Å². The second kappa shape index (κ2) is 18.0. The van der Waals surface area contributed by atoms with Crippen LogP contribution in [0.4, 0.5) is 0 Å². The first-order chi connectivity index (χ1) is 22.7. The Labute approximate surface area is 293 Å². The number of amides is 1. The van der Waals surface area contributed by atoms with Crippen LogP contribution in [0.1, 0.15) is 41.5 Å². The maximum absolute atomic E-state index is 12.9. The van der Waals surface area contributed by atoms with Gasteiger partial charge in [-0.15, -0.1) is 0 Å². The quantitative estimate of drug-likeness (QED) is 0.161. The molecule has 1 N–H and O–H groups in total. The summed E-state index contributed by atoms with van der Waals surface area (Å²) in [5.41, 5.74) is 0. The van der Waals surface area contributed by atoms with Crippen molar-refractivity contribution >= 4 is 82.5 Å². The molecule has 0 aliphatic carbocycles. The number of methoxy groups -OCH3 is 1. The molecule has 0 radical (unpaired) electrons. The van der Waals surface area contributed by atoms with E-state index in [1.54, 1.807) is 0 Å². The fraction of sp³-hybridized carbons (Fsp3) is 0.704. The Hall–Kier alpha value is -3.49. The zero-order valence-electron chi connectivity index (χ0n) is 27.0. The standard InChI is InChI=1S/C27H34Cl3NO18/c1-9(32)41-8-15-17(42-10(2)33)18(16(24(47-15)46-14(6)37)31-26(39)27(28,29)30)48-25-22(45-13(5)36)20(44-12(4)35)19(43-11(3)34)21(49-25)23(38)40-7/h15-22,24-25H,8H2,1-7H3,(H,31,39)/t15-,16-,17+,18-,19+,20+,21+,22-,24?,25-/m1/s1. The summed E-state index contributed by atoms with van der Waals surface area (Å²) in [7, 11) is 0.951. The molecule has 0 bridgehead atoms. The van der Waals surface area contributed by atoms with E-state index in [1.807, 2.05) is 0 Å². The van der Waals surface area contributed by atoms with Gasteiger partial charge in [0, 0.05) is 41.5 Å². The Bertz CT molecular complexity index is 1290. The number of rotatable bonds is 11. The topological polar surface area (TPSA) is 241 Å². The Morgan fingerprint density at radius 2 is 1.10 bits per heavy atom. The van der Waals surface area contributed by atoms with E-state index in [2.05, 4.69) is 5.32 Å². The number of esters is 7. The lowest BCUT2D eigenvalue weighted by Gasteiger charge is -2.48. The maximum atomic E-state index is 12.9. The molecule has 2 saturated heterocycles. The van der Waals surface area contributed by atoms with Gasteiger partial charge in [0.1, 0.15) is 24.9 Å². The number of hydrogen-bond acceptors (Lipinski definition) is 18. The molecular formula is C27H34Cl3NO18. The molecule has 1 amide bonds. The largest absolute Gasteiger partial charge is 0.467 e. The van der Waals surface area contributed by atoms with E-state index in [1.165, 1.54) is 0 Å². The highest BCUT2D eigenvalue weighted by molar-refractivity contribution is 6.76. The summed E-state index contributed by atoms with van der Waals surface area (Å²) in [6.45, 7) is 5.18. The first kappa shape index (κ1) is 41.7. The van der Waals surface area contributed by atoms with Crippen molar-refractivity contribution in [3.8, 4) is 0 Å². The van der Waals surface area contributed by atoms with Crippen molar-refractivity contribution in [2.45, 2.75) is 107 Å². The second-order valence-corrected chi connectivity index (χ2v) is 12.6. The molecule has 19 nitrogen and oxygen atoms in total. The summed E-state index contributed by atoms with van der Waals surface area (Å²) in [6.07, 6.45) is -16.4. The zero-order valence-corrected chi connectivity index (χ0v) is 29.2. The molecule has 2 aliphatic heterocycles. The van der Waals surface area contributed by atoms with E-state index in [-0.39, 0.29) is 0 Å². The van der Waals surface area contributed by atoms with Crippen LogP contribution in [0.2, 0.25) is 0 Å². The Balaban J connectivity index is 2.85. The first-order valence-corrected chi connectivity index (χ1v) is 15.2. The number of ether oxygens (including phenoxy) is 10. The molecule has 1 unspecified atom stereocenters. The molecule has 0 aromatic heterocycles. The third-order valence-electron chi connectivity index (χ3n) is 6.36. The Morgan fingerprint density at radius 3 is 1.57 bits per heavy atom. The van der Waals surface area contributed by atoms with Crippen LogP contribution in [-0.2, 0) is 85.7 Å². The summed E-state index contributed by atoms with van der Waals surface area (Å²) in [5.74, 6) is -8.30. The van der Waals surface area contributed by atoms with Crippen molar-refractivity contribution in [1.82, 2.24) is 5.32 Å². The molecule has 0 spiro atoms. The second-order valence-electron chi connectivity index (χ2n) is 10.3. The molecule has 0 aromatic carbocycles. The molecule has 0 aromatic rings. The van der Waals surface area contributed by atoms with Gasteiger partial charge in [-0.05, 0) is 0 Å². The lowest BCUT2D eigenvalue weighted by molar-refractivity contribution is -0.340. The molecule has 2 aliphatic rings. The predicted molar refractivity (Wildman–Crippen MR) is 157 cm³/mol. The van der Waals surface area contributed by atoms with Crippen LogP contribution in [0, 0.1) is 0 Å². The summed E-state index contributed by atoms with van der Waals surface area (Å²) in [5, 5.41) is 2.25. The highest BCUT2D eigenvalue weighted by Gasteiger charge is 2.59. The number of halogens is 3. The average Bonchev–Trinajstić information content (AvgIpc) is 2.95. The number of nitrogens with one attached hydrogen (secondary N) is 1. The van der Waals surface area contributed by atoms with Gasteiger partial charge in [-0.3, -0.25) is 33.6 Å². The Morgan fingerprint density at radius 1 is 0.612 bits per heavy atom. The SMILES string of the molecule is COC(=O)[C@H]1O[C@@H](O[C@H]2[C@@H](OC(C)=O)[C@@H](COC(C)=O)OC(OC(C)=O)[C@@H]2NC(=O)C(Cl)(Cl)Cl)[C@H](OC(C)=O)[C@@H](OC(C)=O)[C@@H]1OC(C)=O. The Kier molecular flexibility index (Phi) is 15.3. The van der Waals surface area contributed by atoms with Gasteiger partial charge < -0.3 is 52.7 Å². The van der Waals surface area contributed by atoms with E-state index in [0.717, 1.165) is 48.7 Å². The van der Waals surface area contributed by atoms with E-state index in [0.29, 0.717) is 0 Å². The molecule has 22 heteroatoms. The molecule has 276 valence electrons. The van der Waals surface area contributed by atoms with E-state index in [4.69, 9.17) is 82.2 Å². The summed E-state index contributed by atoms with van der Waals surface area (Å²) in [4.78, 5) is 98.6. The van der Waals surface area contributed by atoms with Crippen LogP contribution >= 0.6 is 34.8 Å². The predicted octanol–water partition coefficient (Wildman–Crippen LogP) is -0.298. The minimum absolute atomic E-state index is 0.662. The highest BCUT2D eigenvalue weighted by Crippen LogP contribution is 2.36. The number of alkyl halides is 3. The number of carbonyl (C=O) groups excluding carboxylic acids is 8. The normalized spacial score (nSPS) is 29.7. The molecule has 2 heterocycles. The average molecular weight is 767 g/mol. The van der Waals surface area contributed by atoms with Crippen LogP contribution in [-0.4, -0.2) is 127 Å². The van der Waals surface area contributed by atoms with Crippen LogP contribution in [0.3, 0.4) is 0 Å². The molecule has 2 fully saturated rings. The van der Waals surface area contributed by atoms with Gasteiger partial charge in [-0.2, -0.15) is 0 Å². The minimum atomic E-state index is -2.65. The van der Waals surface area contributed by atoms with Crippen LogP contribution in [0.5, 0.6) is 0 Å². The van der Waals surface area contributed by atoms with Crippen molar-refractivity contribution in [3.05, 3.63) is 0 Å². The minimum Gasteiger partial charge on any atom is -0.467 e. The number of carbonyl (C=O) groups is 8. The molecular weight excluding hydrogens is 733 g/mol. The van der Waals surface area contributed by atoms with Gasteiger partial charge in [-0.25, -0.2) is 4.79 Å². The fourth-order valence-electron chi connectivity index (χ4n) is 4.73. The van der Waals surface area contributed by atoms with Gasteiger partial charge in [0.15, 0.2) is 36.8 Å². The maximum Gasteiger partial charge on any atom is 0.339 e. The van der Waals surface area contributed by atoms with Crippen LogP contribution in [0.15, 0.2) is 0 Å². The van der Waals surface area contributed by atoms with E-state index in [9.17, 15) is 38.4 Å². The fourth-order valence-corrected chi connectivity index (χ4v) is 4.89. The zero-order chi connectivity index (χ0) is 37.4. The molecule has 2 rings (SSSR count). The summed E-state index contributed by atoms with van der Waals surface area (Å²) in [6, 6.07) is -1.79. The molecule has 10 atom stereocenters. The van der Waals surface area contributed by atoms with E-state index >= 15 is 0 Å². The number of hydrogen-bond donors (Lipinski definition) is 1. The third-order valence-corrected chi connectivity index (χ3v) is 6.88. The van der Waals surface area contributed by atoms with Gasteiger partial charge in [0.05, 0.1) is 7.11 Å². The smallest absolute Gasteiger partial charge is 0.339 e.